The maximum absolute atomic E-state index is 13.8. The number of hydrogen-bond acceptors (Lipinski definition) is 5. The first-order valence-corrected chi connectivity index (χ1v) is 13.3. The second-order valence-corrected chi connectivity index (χ2v) is 9.40. The molecule has 7 nitrogen and oxygen atoms in total. The number of ether oxygens (including phenoxy) is 1. The molecule has 0 aliphatic heterocycles. The molecule has 0 saturated carbocycles. The normalized spacial score (nSPS) is 12.7. The molecular weight excluding hydrogens is 492 g/mol. The third-order valence-corrected chi connectivity index (χ3v) is 6.07. The predicted molar refractivity (Wildman–Crippen MR) is 144 cm³/mol. The van der Waals surface area contributed by atoms with E-state index in [2.05, 4.69) is 23.6 Å². The van der Waals surface area contributed by atoms with Gasteiger partial charge in [0.1, 0.15) is 24.8 Å². The zero-order chi connectivity index (χ0) is 27.9. The number of hydrogen-bond donors (Lipinski definition) is 3. The van der Waals surface area contributed by atoms with Crippen molar-refractivity contribution < 1.29 is 28.2 Å². The quantitative estimate of drug-likeness (QED) is 0.290. The molecule has 0 aliphatic rings. The van der Waals surface area contributed by atoms with Crippen molar-refractivity contribution in [2.75, 3.05) is 32.8 Å². The molecule has 0 fully saturated rings. The van der Waals surface area contributed by atoms with Crippen molar-refractivity contribution in [1.29, 1.82) is 0 Å². The second-order valence-electron chi connectivity index (χ2n) is 9.40. The van der Waals surface area contributed by atoms with Gasteiger partial charge in [0.05, 0.1) is 12.1 Å². The third kappa shape index (κ3) is 11.2. The molecule has 0 aliphatic carbocycles. The van der Waals surface area contributed by atoms with Crippen LogP contribution in [0.5, 0.6) is 0 Å². The lowest BCUT2D eigenvalue weighted by molar-refractivity contribution is -0.138. The summed E-state index contributed by atoms with van der Waals surface area (Å²) in [6, 6.07) is 10.3. The van der Waals surface area contributed by atoms with Gasteiger partial charge in [0, 0.05) is 32.2 Å². The smallest absolute Gasteiger partial charge is 0.248 e. The minimum atomic E-state index is -1.05. The Morgan fingerprint density at radius 3 is 2.24 bits per heavy atom. The Balaban J connectivity index is 1.97. The Labute approximate surface area is 224 Å². The standard InChI is InChI=1S/C29H41F2N3O4/c1-4-10-34(11-5-2)29(37)20-38-19-28(36)33-26(15-23-13-24(30)16-25(31)14-23)27(35)18-32-17-22-9-7-8-21(6-3)12-22/h7-9,12-14,16,26-27,32,35H,4-6,10-11,15,17-20H2,1-3H3,(H,33,36)/t26-,27-/m0/s1. The summed E-state index contributed by atoms with van der Waals surface area (Å²) in [6.07, 6.45) is 1.52. The van der Waals surface area contributed by atoms with E-state index in [4.69, 9.17) is 4.74 Å². The van der Waals surface area contributed by atoms with E-state index in [-0.39, 0.29) is 32.1 Å². The van der Waals surface area contributed by atoms with E-state index >= 15 is 0 Å². The summed E-state index contributed by atoms with van der Waals surface area (Å²) in [7, 11) is 0. The number of aliphatic hydroxyl groups excluding tert-OH is 1. The van der Waals surface area contributed by atoms with Crippen LogP contribution in [-0.4, -0.2) is 66.8 Å². The van der Waals surface area contributed by atoms with Crippen LogP contribution in [-0.2, 0) is 33.7 Å². The van der Waals surface area contributed by atoms with Crippen molar-refractivity contribution in [1.82, 2.24) is 15.5 Å². The fourth-order valence-corrected chi connectivity index (χ4v) is 4.20. The number of rotatable bonds is 17. The summed E-state index contributed by atoms with van der Waals surface area (Å²) < 4.78 is 32.8. The van der Waals surface area contributed by atoms with Gasteiger partial charge in [-0.2, -0.15) is 0 Å². The molecule has 0 heterocycles. The van der Waals surface area contributed by atoms with Gasteiger partial charge in [-0.3, -0.25) is 9.59 Å². The SMILES string of the molecule is CCCN(CCC)C(=O)COCC(=O)N[C@@H](Cc1cc(F)cc(F)c1)[C@@H](O)CNCc1cccc(CC)c1. The number of halogens is 2. The minimum Gasteiger partial charge on any atom is -0.390 e. The number of carbonyl (C=O) groups is 2. The number of aliphatic hydroxyl groups is 1. The zero-order valence-electron chi connectivity index (χ0n) is 22.6. The van der Waals surface area contributed by atoms with Crippen molar-refractivity contribution in [3.63, 3.8) is 0 Å². The Morgan fingerprint density at radius 2 is 1.61 bits per heavy atom. The summed E-state index contributed by atoms with van der Waals surface area (Å²) in [5.41, 5.74) is 2.56. The Hall–Kier alpha value is -2.88. The molecule has 2 aromatic carbocycles. The van der Waals surface area contributed by atoms with Crippen LogP contribution in [0.15, 0.2) is 42.5 Å². The van der Waals surface area contributed by atoms with Crippen molar-refractivity contribution in [3.8, 4) is 0 Å². The molecule has 0 aromatic heterocycles. The van der Waals surface area contributed by atoms with Gasteiger partial charge in [-0.05, 0) is 54.5 Å². The molecule has 0 spiro atoms. The molecule has 0 radical (unpaired) electrons. The number of benzene rings is 2. The van der Waals surface area contributed by atoms with Crippen LogP contribution in [0.1, 0.15) is 50.3 Å². The molecule has 0 bridgehead atoms. The molecule has 2 aromatic rings. The average Bonchev–Trinajstić information content (AvgIpc) is 2.87. The molecule has 2 rings (SSSR count). The summed E-state index contributed by atoms with van der Waals surface area (Å²) >= 11 is 0. The van der Waals surface area contributed by atoms with Crippen LogP contribution in [0.4, 0.5) is 8.78 Å². The van der Waals surface area contributed by atoms with E-state index in [9.17, 15) is 23.5 Å². The first-order valence-electron chi connectivity index (χ1n) is 13.3. The van der Waals surface area contributed by atoms with E-state index in [0.717, 1.165) is 30.9 Å². The van der Waals surface area contributed by atoms with Gasteiger partial charge in [-0.25, -0.2) is 8.78 Å². The molecule has 2 atom stereocenters. The molecule has 0 saturated heterocycles. The molecule has 2 amide bonds. The number of amides is 2. The topological polar surface area (TPSA) is 90.9 Å². The van der Waals surface area contributed by atoms with Crippen LogP contribution >= 0.6 is 0 Å². The highest BCUT2D eigenvalue weighted by molar-refractivity contribution is 5.79. The maximum atomic E-state index is 13.8. The molecule has 0 unspecified atom stereocenters. The lowest BCUT2D eigenvalue weighted by Gasteiger charge is -2.25. The summed E-state index contributed by atoms with van der Waals surface area (Å²) in [6.45, 7) is 7.33. The highest BCUT2D eigenvalue weighted by atomic mass is 19.1. The van der Waals surface area contributed by atoms with Crippen molar-refractivity contribution in [2.45, 2.75) is 65.1 Å². The highest BCUT2D eigenvalue weighted by Crippen LogP contribution is 2.12. The molecule has 38 heavy (non-hydrogen) atoms. The average molecular weight is 534 g/mol. The van der Waals surface area contributed by atoms with Gasteiger partial charge in [0.15, 0.2) is 0 Å². The number of carbonyl (C=O) groups excluding carboxylic acids is 2. The van der Waals surface area contributed by atoms with E-state index in [0.29, 0.717) is 25.2 Å². The lowest BCUT2D eigenvalue weighted by Crippen LogP contribution is -2.49. The van der Waals surface area contributed by atoms with Crippen molar-refractivity contribution >= 4 is 11.8 Å². The van der Waals surface area contributed by atoms with Gasteiger partial charge in [0.2, 0.25) is 11.8 Å². The molecule has 3 N–H and O–H groups in total. The number of nitrogens with one attached hydrogen (secondary N) is 2. The number of nitrogens with zero attached hydrogens (tertiary/aromatic N) is 1. The first kappa shape index (κ1) is 31.3. The molecular formula is C29H41F2N3O4. The Kier molecular flexibility index (Phi) is 13.9. The molecule has 9 heteroatoms. The van der Waals surface area contributed by atoms with Crippen LogP contribution in [0.25, 0.3) is 0 Å². The predicted octanol–water partition coefficient (Wildman–Crippen LogP) is 3.37. The largest absolute Gasteiger partial charge is 0.390 e. The summed E-state index contributed by atoms with van der Waals surface area (Å²) in [4.78, 5) is 26.7. The van der Waals surface area contributed by atoms with Gasteiger partial charge >= 0.3 is 0 Å². The summed E-state index contributed by atoms with van der Waals surface area (Å²) in [5, 5.41) is 16.8. The van der Waals surface area contributed by atoms with E-state index < -0.39 is 29.7 Å². The van der Waals surface area contributed by atoms with Gasteiger partial charge in [-0.1, -0.05) is 45.0 Å². The Morgan fingerprint density at radius 1 is 0.947 bits per heavy atom. The van der Waals surface area contributed by atoms with Crippen LogP contribution in [0.2, 0.25) is 0 Å². The fraction of sp³-hybridized carbons (Fsp3) is 0.517. The van der Waals surface area contributed by atoms with E-state index in [1.165, 1.54) is 17.7 Å². The monoisotopic (exact) mass is 533 g/mol. The Bertz CT molecular complexity index is 995. The van der Waals surface area contributed by atoms with E-state index in [1.54, 1.807) is 4.90 Å². The van der Waals surface area contributed by atoms with Crippen molar-refractivity contribution in [3.05, 3.63) is 70.8 Å². The summed E-state index contributed by atoms with van der Waals surface area (Å²) in [5.74, 6) is -2.20. The van der Waals surface area contributed by atoms with Gasteiger partial charge in [0.25, 0.3) is 0 Å². The minimum absolute atomic E-state index is 0.00823. The van der Waals surface area contributed by atoms with Crippen LogP contribution in [0, 0.1) is 11.6 Å². The molecule has 210 valence electrons. The zero-order valence-corrected chi connectivity index (χ0v) is 22.6. The lowest BCUT2D eigenvalue weighted by atomic mass is 10.0. The maximum Gasteiger partial charge on any atom is 0.248 e. The highest BCUT2D eigenvalue weighted by Gasteiger charge is 2.23. The van der Waals surface area contributed by atoms with Crippen LogP contribution in [0.3, 0.4) is 0 Å². The number of aryl methyl sites for hydroxylation is 1. The van der Waals surface area contributed by atoms with Gasteiger partial charge < -0.3 is 25.4 Å². The second kappa shape index (κ2) is 16.9. The van der Waals surface area contributed by atoms with Crippen molar-refractivity contribution in [2.24, 2.45) is 0 Å². The van der Waals surface area contributed by atoms with Gasteiger partial charge in [-0.15, -0.1) is 0 Å². The third-order valence-electron chi connectivity index (χ3n) is 6.07. The first-order chi connectivity index (χ1) is 18.2. The van der Waals surface area contributed by atoms with E-state index in [1.807, 2.05) is 32.0 Å². The fourth-order valence-electron chi connectivity index (χ4n) is 4.20. The van der Waals surface area contributed by atoms with Crippen LogP contribution < -0.4 is 10.6 Å².